The summed E-state index contributed by atoms with van der Waals surface area (Å²) in [4.78, 5) is 27.7. The molecule has 2 amide bonds. The number of rotatable bonds is 7. The fourth-order valence-electron chi connectivity index (χ4n) is 2.08. The van der Waals surface area contributed by atoms with Gasteiger partial charge in [0.25, 0.3) is 5.91 Å². The molecule has 0 aliphatic carbocycles. The Bertz CT molecular complexity index is 750. The fourth-order valence-corrected chi connectivity index (χ4v) is 2.08. The number of primary amides is 1. The van der Waals surface area contributed by atoms with Gasteiger partial charge in [-0.1, -0.05) is 43.3 Å². The first-order chi connectivity index (χ1) is 12.0. The number of hydrogen-bond donors (Lipinski definition) is 2. The smallest absolute Gasteiger partial charge is 0.265 e. The van der Waals surface area contributed by atoms with Gasteiger partial charge in [-0.2, -0.15) is 0 Å². The first-order valence-corrected chi connectivity index (χ1v) is 7.90. The Morgan fingerprint density at radius 3 is 2.32 bits per heavy atom. The Kier molecular flexibility index (Phi) is 6.28. The van der Waals surface area contributed by atoms with Crippen molar-refractivity contribution in [3.8, 4) is 0 Å². The van der Waals surface area contributed by atoms with Gasteiger partial charge < -0.3 is 15.9 Å². The van der Waals surface area contributed by atoms with Crippen LogP contribution in [-0.4, -0.2) is 24.6 Å². The molecule has 0 bridgehead atoms. The third-order valence-corrected chi connectivity index (χ3v) is 3.53. The largest absolute Gasteiger partial charge is 0.386 e. The number of amides is 2. The number of benzene rings is 2. The van der Waals surface area contributed by atoms with Gasteiger partial charge in [0.15, 0.2) is 6.61 Å². The maximum atomic E-state index is 11.8. The summed E-state index contributed by atoms with van der Waals surface area (Å²) in [7, 11) is 0. The quantitative estimate of drug-likeness (QED) is 0.600. The molecule has 6 heteroatoms. The molecule has 25 heavy (non-hydrogen) atoms. The summed E-state index contributed by atoms with van der Waals surface area (Å²) >= 11 is 0. The van der Waals surface area contributed by atoms with E-state index in [2.05, 4.69) is 24.3 Å². The highest BCUT2D eigenvalue weighted by Crippen LogP contribution is 2.14. The van der Waals surface area contributed by atoms with Gasteiger partial charge in [-0.25, -0.2) is 0 Å². The first-order valence-electron chi connectivity index (χ1n) is 7.90. The second-order valence-electron chi connectivity index (χ2n) is 5.82. The second-order valence-corrected chi connectivity index (χ2v) is 5.82. The van der Waals surface area contributed by atoms with Gasteiger partial charge in [0, 0.05) is 11.3 Å². The number of carbonyl (C=O) groups excluding carboxylic acids is 2. The number of hydrogen-bond acceptors (Lipinski definition) is 4. The number of nitrogens with two attached hydrogens (primary N) is 1. The molecule has 0 spiro atoms. The van der Waals surface area contributed by atoms with Gasteiger partial charge in [-0.3, -0.25) is 9.59 Å². The van der Waals surface area contributed by atoms with E-state index in [0.29, 0.717) is 17.2 Å². The predicted octanol–water partition coefficient (Wildman–Crippen LogP) is 2.90. The molecule has 0 saturated heterocycles. The molecule has 0 aliphatic rings. The average molecular weight is 339 g/mol. The molecular weight excluding hydrogens is 318 g/mol. The number of carbonyl (C=O) groups is 2. The second kappa shape index (κ2) is 8.63. The summed E-state index contributed by atoms with van der Waals surface area (Å²) < 4.78 is 0. The highest BCUT2D eigenvalue weighted by molar-refractivity contribution is 5.95. The Labute approximate surface area is 146 Å². The van der Waals surface area contributed by atoms with Gasteiger partial charge in [0.05, 0.1) is 6.21 Å². The SMILES string of the molecule is CC(C)c1ccc(/C=N\OCC(=O)Nc2ccc(C(N)=O)cc2)cc1. The van der Waals surface area contributed by atoms with Crippen molar-refractivity contribution in [2.45, 2.75) is 19.8 Å². The molecular formula is C19H21N3O3. The van der Waals surface area contributed by atoms with E-state index in [4.69, 9.17) is 10.6 Å². The summed E-state index contributed by atoms with van der Waals surface area (Å²) in [6.45, 7) is 4.05. The lowest BCUT2D eigenvalue weighted by atomic mass is 10.0. The van der Waals surface area contributed by atoms with Gasteiger partial charge >= 0.3 is 0 Å². The molecule has 0 unspecified atom stereocenters. The van der Waals surface area contributed by atoms with Crippen LogP contribution in [0.25, 0.3) is 0 Å². The Morgan fingerprint density at radius 2 is 1.76 bits per heavy atom. The molecule has 130 valence electrons. The third-order valence-electron chi connectivity index (χ3n) is 3.53. The minimum absolute atomic E-state index is 0.210. The van der Waals surface area contributed by atoms with Crippen LogP contribution in [0.2, 0.25) is 0 Å². The molecule has 0 aliphatic heterocycles. The van der Waals surface area contributed by atoms with E-state index in [9.17, 15) is 9.59 Å². The zero-order valence-corrected chi connectivity index (χ0v) is 14.2. The summed E-state index contributed by atoms with van der Waals surface area (Å²) in [6.07, 6.45) is 1.55. The zero-order valence-electron chi connectivity index (χ0n) is 14.2. The molecule has 0 radical (unpaired) electrons. The van der Waals surface area contributed by atoms with Gasteiger partial charge in [0.1, 0.15) is 0 Å². The Hall–Kier alpha value is -3.15. The lowest BCUT2D eigenvalue weighted by Crippen LogP contribution is -2.17. The van der Waals surface area contributed by atoms with E-state index in [1.165, 1.54) is 17.7 Å². The lowest BCUT2D eigenvalue weighted by molar-refractivity contribution is -0.120. The standard InChI is InChI=1S/C19H21N3O3/c1-13(2)15-5-3-14(4-6-15)11-21-25-12-18(23)22-17-9-7-16(8-10-17)19(20)24/h3-11,13H,12H2,1-2H3,(H2,20,24)(H,22,23)/b21-11-. The van der Waals surface area contributed by atoms with E-state index >= 15 is 0 Å². The average Bonchev–Trinajstić information content (AvgIpc) is 2.59. The van der Waals surface area contributed by atoms with Crippen molar-refractivity contribution in [3.05, 3.63) is 65.2 Å². The molecule has 3 N–H and O–H groups in total. The molecule has 0 aromatic heterocycles. The van der Waals surface area contributed by atoms with Crippen LogP contribution >= 0.6 is 0 Å². The van der Waals surface area contributed by atoms with Crippen LogP contribution < -0.4 is 11.1 Å². The van der Waals surface area contributed by atoms with E-state index in [0.717, 1.165) is 5.56 Å². The summed E-state index contributed by atoms with van der Waals surface area (Å²) in [5.41, 5.74) is 8.23. The predicted molar refractivity (Wildman–Crippen MR) is 97.7 cm³/mol. The van der Waals surface area contributed by atoms with E-state index < -0.39 is 5.91 Å². The summed E-state index contributed by atoms with van der Waals surface area (Å²) in [5, 5.41) is 6.42. The topological polar surface area (TPSA) is 93.8 Å². The maximum absolute atomic E-state index is 11.8. The Morgan fingerprint density at radius 1 is 1.12 bits per heavy atom. The highest BCUT2D eigenvalue weighted by atomic mass is 16.6. The van der Waals surface area contributed by atoms with Crippen LogP contribution in [0.5, 0.6) is 0 Å². The third kappa shape index (κ3) is 5.76. The monoisotopic (exact) mass is 339 g/mol. The lowest BCUT2D eigenvalue weighted by Gasteiger charge is -2.05. The number of anilines is 1. The zero-order chi connectivity index (χ0) is 18.2. The molecule has 2 aromatic rings. The van der Waals surface area contributed by atoms with E-state index in [1.54, 1.807) is 18.3 Å². The molecule has 0 atom stereocenters. The van der Waals surface area contributed by atoms with Crippen LogP contribution in [0.4, 0.5) is 5.69 Å². The van der Waals surface area contributed by atoms with Crippen molar-refractivity contribution >= 4 is 23.7 Å². The van der Waals surface area contributed by atoms with Crippen molar-refractivity contribution in [3.63, 3.8) is 0 Å². The molecule has 6 nitrogen and oxygen atoms in total. The highest BCUT2D eigenvalue weighted by Gasteiger charge is 2.04. The number of nitrogens with one attached hydrogen (secondary N) is 1. The number of oxime groups is 1. The van der Waals surface area contributed by atoms with E-state index in [-0.39, 0.29) is 12.5 Å². The van der Waals surface area contributed by atoms with Crippen molar-refractivity contribution in [2.75, 3.05) is 11.9 Å². The number of nitrogens with zero attached hydrogens (tertiary/aromatic N) is 1. The molecule has 0 fully saturated rings. The van der Waals surface area contributed by atoms with Crippen LogP contribution in [0.15, 0.2) is 53.7 Å². The van der Waals surface area contributed by atoms with Crippen LogP contribution in [0.3, 0.4) is 0 Å². The van der Waals surface area contributed by atoms with Crippen LogP contribution in [0.1, 0.15) is 41.3 Å². The fraction of sp³-hybridized carbons (Fsp3) is 0.211. The molecule has 0 saturated carbocycles. The van der Waals surface area contributed by atoms with Crippen molar-refractivity contribution < 1.29 is 14.4 Å². The van der Waals surface area contributed by atoms with Crippen molar-refractivity contribution in [2.24, 2.45) is 10.9 Å². The summed E-state index contributed by atoms with van der Waals surface area (Å²) in [6, 6.07) is 14.2. The minimum atomic E-state index is -0.517. The van der Waals surface area contributed by atoms with Gasteiger partial charge in [-0.05, 0) is 41.3 Å². The molecule has 2 rings (SSSR count). The van der Waals surface area contributed by atoms with Crippen LogP contribution in [-0.2, 0) is 9.63 Å². The van der Waals surface area contributed by atoms with Gasteiger partial charge in [0.2, 0.25) is 5.91 Å². The van der Waals surface area contributed by atoms with E-state index in [1.807, 2.05) is 24.3 Å². The first kappa shape index (κ1) is 18.2. The molecule has 2 aromatic carbocycles. The summed E-state index contributed by atoms with van der Waals surface area (Å²) in [5.74, 6) is -0.390. The van der Waals surface area contributed by atoms with Crippen molar-refractivity contribution in [1.82, 2.24) is 0 Å². The molecule has 0 heterocycles. The van der Waals surface area contributed by atoms with Crippen molar-refractivity contribution in [1.29, 1.82) is 0 Å². The minimum Gasteiger partial charge on any atom is -0.386 e. The maximum Gasteiger partial charge on any atom is 0.265 e. The normalized spacial score (nSPS) is 10.8. The van der Waals surface area contributed by atoms with Gasteiger partial charge in [-0.15, -0.1) is 0 Å². The Balaban J connectivity index is 1.78. The van der Waals surface area contributed by atoms with Crippen LogP contribution in [0, 0.1) is 0 Å².